The van der Waals surface area contributed by atoms with Gasteiger partial charge in [-0.25, -0.2) is 4.79 Å². The molecule has 2 aromatic carbocycles. The van der Waals surface area contributed by atoms with E-state index in [9.17, 15) is 4.79 Å². The lowest BCUT2D eigenvalue weighted by molar-refractivity contribution is 0.181. The third-order valence-electron chi connectivity index (χ3n) is 4.46. The lowest BCUT2D eigenvalue weighted by Crippen LogP contribution is -2.24. The Labute approximate surface area is 151 Å². The molecular weight excluding hydrogens is 336 g/mol. The second-order valence-electron chi connectivity index (χ2n) is 5.99. The number of aromatic amines is 1. The first-order valence-corrected chi connectivity index (χ1v) is 8.51. The van der Waals surface area contributed by atoms with E-state index in [-0.39, 0.29) is 6.09 Å². The van der Waals surface area contributed by atoms with Crippen LogP contribution in [0.5, 0.6) is 0 Å². The minimum Gasteiger partial charge on any atom is -0.447 e. The van der Waals surface area contributed by atoms with Gasteiger partial charge >= 0.3 is 6.09 Å². The molecule has 1 fully saturated rings. The number of hydrogen-bond donors (Lipinski definition) is 1. The molecule has 0 bridgehead atoms. The van der Waals surface area contributed by atoms with Crippen LogP contribution in [0.4, 0.5) is 10.6 Å². The van der Waals surface area contributed by atoms with Crippen molar-refractivity contribution in [3.05, 3.63) is 65.2 Å². The van der Waals surface area contributed by atoms with Crippen molar-refractivity contribution in [2.45, 2.75) is 6.92 Å². The summed E-state index contributed by atoms with van der Waals surface area (Å²) < 4.78 is 5.13. The summed E-state index contributed by atoms with van der Waals surface area (Å²) in [5, 5.41) is 0.694. The maximum Gasteiger partial charge on any atom is 0.415 e. The molecular formula is C20H17ClN2O2. The van der Waals surface area contributed by atoms with Gasteiger partial charge in [-0.2, -0.15) is 0 Å². The number of cyclic esters (lactones) is 1. The SMILES string of the molecule is Cc1c(-c2ccc(Cl)cc2)[nH]c(N2CCOC2=O)c1-c1ccccc1. The molecule has 4 nitrogen and oxygen atoms in total. The Kier molecular flexibility index (Phi) is 3.98. The topological polar surface area (TPSA) is 45.3 Å². The Morgan fingerprint density at radius 3 is 2.40 bits per heavy atom. The minimum absolute atomic E-state index is 0.318. The van der Waals surface area contributed by atoms with Crippen molar-refractivity contribution < 1.29 is 9.53 Å². The minimum atomic E-state index is -0.318. The smallest absolute Gasteiger partial charge is 0.415 e. The predicted molar refractivity (Wildman–Crippen MR) is 100 cm³/mol. The lowest BCUT2D eigenvalue weighted by Gasteiger charge is -2.14. The highest BCUT2D eigenvalue weighted by Gasteiger charge is 2.29. The van der Waals surface area contributed by atoms with Crippen LogP contribution in [0.25, 0.3) is 22.4 Å². The second kappa shape index (κ2) is 6.30. The van der Waals surface area contributed by atoms with Crippen molar-refractivity contribution in [1.29, 1.82) is 0 Å². The zero-order valence-corrected chi connectivity index (χ0v) is 14.5. The van der Waals surface area contributed by atoms with Crippen molar-refractivity contribution >= 4 is 23.5 Å². The Bertz CT molecular complexity index is 917. The molecule has 0 unspecified atom stereocenters. The number of halogens is 1. The summed E-state index contributed by atoms with van der Waals surface area (Å²) in [5.41, 5.74) is 5.17. The molecule has 0 atom stereocenters. The van der Waals surface area contributed by atoms with Gasteiger partial charge in [0.15, 0.2) is 0 Å². The van der Waals surface area contributed by atoms with Crippen LogP contribution in [-0.2, 0) is 4.74 Å². The van der Waals surface area contributed by atoms with Gasteiger partial charge in [0.2, 0.25) is 0 Å². The molecule has 0 aliphatic carbocycles. The number of carbonyl (C=O) groups excluding carboxylic acids is 1. The molecule has 0 radical (unpaired) electrons. The molecule has 0 saturated carbocycles. The summed E-state index contributed by atoms with van der Waals surface area (Å²) in [4.78, 5) is 17.2. The first kappa shape index (κ1) is 15.8. The zero-order chi connectivity index (χ0) is 17.4. The maximum atomic E-state index is 12.1. The monoisotopic (exact) mass is 352 g/mol. The number of ether oxygens (including phenoxy) is 1. The first-order valence-electron chi connectivity index (χ1n) is 8.13. The van der Waals surface area contributed by atoms with E-state index < -0.39 is 0 Å². The van der Waals surface area contributed by atoms with Gasteiger partial charge in [0.1, 0.15) is 12.4 Å². The van der Waals surface area contributed by atoms with E-state index in [4.69, 9.17) is 16.3 Å². The van der Waals surface area contributed by atoms with Gasteiger partial charge in [-0.15, -0.1) is 0 Å². The molecule has 3 aromatic rings. The highest BCUT2D eigenvalue weighted by molar-refractivity contribution is 6.30. The number of hydrogen-bond acceptors (Lipinski definition) is 2. The van der Waals surface area contributed by atoms with E-state index in [1.807, 2.05) is 54.6 Å². The number of H-pyrrole nitrogens is 1. The van der Waals surface area contributed by atoms with E-state index in [1.54, 1.807) is 4.90 Å². The van der Waals surface area contributed by atoms with Gasteiger partial charge in [0, 0.05) is 10.6 Å². The quantitative estimate of drug-likeness (QED) is 0.698. The van der Waals surface area contributed by atoms with Crippen molar-refractivity contribution in [1.82, 2.24) is 4.98 Å². The van der Waals surface area contributed by atoms with Crippen molar-refractivity contribution in [2.24, 2.45) is 0 Å². The van der Waals surface area contributed by atoms with Crippen LogP contribution in [0, 0.1) is 6.92 Å². The second-order valence-corrected chi connectivity index (χ2v) is 6.42. The predicted octanol–water partition coefficient (Wildman–Crippen LogP) is 5.27. The molecule has 1 saturated heterocycles. The largest absolute Gasteiger partial charge is 0.447 e. The summed E-state index contributed by atoms with van der Waals surface area (Å²) >= 11 is 6.01. The normalized spacial score (nSPS) is 14.0. The number of nitrogens with one attached hydrogen (secondary N) is 1. The molecule has 1 N–H and O–H groups in total. The third kappa shape index (κ3) is 2.79. The molecule has 5 heteroatoms. The van der Waals surface area contributed by atoms with Crippen molar-refractivity contribution in [3.8, 4) is 22.4 Å². The molecule has 1 aliphatic rings. The van der Waals surface area contributed by atoms with Gasteiger partial charge in [0.25, 0.3) is 0 Å². The highest BCUT2D eigenvalue weighted by atomic mass is 35.5. The zero-order valence-electron chi connectivity index (χ0n) is 13.8. The van der Waals surface area contributed by atoms with Crippen molar-refractivity contribution in [2.75, 3.05) is 18.1 Å². The molecule has 1 aliphatic heterocycles. The lowest BCUT2D eigenvalue weighted by atomic mass is 10.0. The summed E-state index contributed by atoms with van der Waals surface area (Å²) in [6.45, 7) is 3.01. The maximum absolute atomic E-state index is 12.1. The fourth-order valence-corrected chi connectivity index (χ4v) is 3.37. The van der Waals surface area contributed by atoms with Gasteiger partial charge in [-0.05, 0) is 35.7 Å². The summed E-state index contributed by atoms with van der Waals surface area (Å²) in [5.74, 6) is 0.774. The van der Waals surface area contributed by atoms with Crippen LogP contribution in [0.1, 0.15) is 5.56 Å². The van der Waals surface area contributed by atoms with Crippen LogP contribution in [-0.4, -0.2) is 24.2 Å². The average molecular weight is 353 g/mol. The number of anilines is 1. The molecule has 4 rings (SSSR count). The highest BCUT2D eigenvalue weighted by Crippen LogP contribution is 2.40. The van der Waals surface area contributed by atoms with Crippen LogP contribution in [0.3, 0.4) is 0 Å². The Hall–Kier alpha value is -2.72. The molecule has 25 heavy (non-hydrogen) atoms. The van der Waals surface area contributed by atoms with E-state index in [1.165, 1.54) is 0 Å². The van der Waals surface area contributed by atoms with E-state index in [2.05, 4.69) is 11.9 Å². The van der Waals surface area contributed by atoms with Crippen molar-refractivity contribution in [3.63, 3.8) is 0 Å². The Morgan fingerprint density at radius 1 is 1.04 bits per heavy atom. The van der Waals surface area contributed by atoms with Gasteiger partial charge in [-0.3, -0.25) is 4.90 Å². The summed E-state index contributed by atoms with van der Waals surface area (Å²) in [7, 11) is 0. The van der Waals surface area contributed by atoms with Gasteiger partial charge in [-0.1, -0.05) is 54.1 Å². The van der Waals surface area contributed by atoms with Gasteiger partial charge < -0.3 is 9.72 Å². The molecule has 0 spiro atoms. The Morgan fingerprint density at radius 2 is 1.76 bits per heavy atom. The summed E-state index contributed by atoms with van der Waals surface area (Å²) in [6, 6.07) is 17.7. The summed E-state index contributed by atoms with van der Waals surface area (Å²) in [6.07, 6.45) is -0.318. The molecule has 1 amide bonds. The first-order chi connectivity index (χ1) is 12.1. The molecule has 126 valence electrons. The average Bonchev–Trinajstić information content (AvgIpc) is 3.19. The number of rotatable bonds is 3. The number of amides is 1. The number of aromatic nitrogens is 1. The standard InChI is InChI=1S/C20H17ClN2O2/c1-13-17(14-5-3-2-4-6-14)19(23-11-12-25-20(23)24)22-18(13)15-7-9-16(21)10-8-15/h2-10,22H,11-12H2,1H3. The van der Waals surface area contributed by atoms with E-state index in [0.29, 0.717) is 18.2 Å². The fraction of sp³-hybridized carbons (Fsp3) is 0.150. The van der Waals surface area contributed by atoms with E-state index in [0.717, 1.165) is 33.8 Å². The van der Waals surface area contributed by atoms with Crippen LogP contribution < -0.4 is 4.90 Å². The number of nitrogens with zero attached hydrogens (tertiary/aromatic N) is 1. The Balaban J connectivity index is 1.91. The van der Waals surface area contributed by atoms with Gasteiger partial charge in [0.05, 0.1) is 12.2 Å². The van der Waals surface area contributed by atoms with Crippen LogP contribution >= 0.6 is 11.6 Å². The van der Waals surface area contributed by atoms with Crippen LogP contribution in [0.2, 0.25) is 5.02 Å². The number of carbonyl (C=O) groups is 1. The van der Waals surface area contributed by atoms with Crippen LogP contribution in [0.15, 0.2) is 54.6 Å². The molecule has 1 aromatic heterocycles. The fourth-order valence-electron chi connectivity index (χ4n) is 3.24. The van der Waals surface area contributed by atoms with E-state index >= 15 is 0 Å². The third-order valence-corrected chi connectivity index (χ3v) is 4.71. The number of benzene rings is 2. The molecule has 2 heterocycles.